The van der Waals surface area contributed by atoms with Crippen molar-refractivity contribution in [2.24, 2.45) is 5.92 Å². The number of rotatable bonds is 4. The van der Waals surface area contributed by atoms with Gasteiger partial charge in [0.15, 0.2) is 5.76 Å². The molecule has 3 rings (SSSR count). The monoisotopic (exact) mass is 347 g/mol. The van der Waals surface area contributed by atoms with E-state index >= 15 is 0 Å². The van der Waals surface area contributed by atoms with Crippen LogP contribution in [-0.4, -0.2) is 35.0 Å². The number of carbonyl (C=O) groups is 2. The molecular formula is C18H18ClNO4. The van der Waals surface area contributed by atoms with Crippen molar-refractivity contribution in [3.63, 3.8) is 0 Å². The van der Waals surface area contributed by atoms with Crippen LogP contribution in [0.1, 0.15) is 29.8 Å². The predicted molar refractivity (Wildman–Crippen MR) is 90.0 cm³/mol. The summed E-state index contributed by atoms with van der Waals surface area (Å²) in [4.78, 5) is 25.2. The standard InChI is InChI=1S/C18H18ClNO4/c19-14-6-2-1-5-13(14)15-7-8-16(24-15)18(23)20-9-3-4-12(11-20)10-17(21)22/h1-2,5-8,12H,3-4,9-11H2,(H,21,22). The molecule has 0 aliphatic carbocycles. The van der Waals surface area contributed by atoms with Gasteiger partial charge in [0.2, 0.25) is 0 Å². The van der Waals surface area contributed by atoms with Gasteiger partial charge in [-0.25, -0.2) is 0 Å². The van der Waals surface area contributed by atoms with E-state index in [0.29, 0.717) is 23.9 Å². The Kier molecular flexibility index (Phi) is 4.90. The minimum Gasteiger partial charge on any atom is -0.481 e. The molecule has 24 heavy (non-hydrogen) atoms. The summed E-state index contributed by atoms with van der Waals surface area (Å²) >= 11 is 6.15. The van der Waals surface area contributed by atoms with Crippen LogP contribution in [0.4, 0.5) is 0 Å². The van der Waals surface area contributed by atoms with Crippen molar-refractivity contribution in [1.82, 2.24) is 4.90 Å². The number of amides is 1. The lowest BCUT2D eigenvalue weighted by Gasteiger charge is -2.31. The van der Waals surface area contributed by atoms with E-state index in [1.807, 2.05) is 18.2 Å². The smallest absolute Gasteiger partial charge is 0.303 e. The van der Waals surface area contributed by atoms with E-state index in [2.05, 4.69) is 0 Å². The number of hydrogen-bond acceptors (Lipinski definition) is 3. The van der Waals surface area contributed by atoms with E-state index in [1.54, 1.807) is 23.1 Å². The van der Waals surface area contributed by atoms with Crippen molar-refractivity contribution >= 4 is 23.5 Å². The van der Waals surface area contributed by atoms with Crippen LogP contribution in [0.15, 0.2) is 40.8 Å². The molecule has 1 fully saturated rings. The molecule has 0 saturated carbocycles. The summed E-state index contributed by atoms with van der Waals surface area (Å²) in [5.74, 6) is -0.237. The fourth-order valence-corrected chi connectivity index (χ4v) is 3.31. The Hall–Kier alpha value is -2.27. The summed E-state index contributed by atoms with van der Waals surface area (Å²) in [6.45, 7) is 1.07. The van der Waals surface area contributed by atoms with Gasteiger partial charge in [-0.05, 0) is 43.0 Å². The van der Waals surface area contributed by atoms with Gasteiger partial charge in [0.05, 0.1) is 5.02 Å². The number of nitrogens with zero attached hydrogens (tertiary/aromatic N) is 1. The van der Waals surface area contributed by atoms with Crippen molar-refractivity contribution in [2.45, 2.75) is 19.3 Å². The van der Waals surface area contributed by atoms with Gasteiger partial charge in [-0.2, -0.15) is 0 Å². The maximum atomic E-state index is 12.6. The lowest BCUT2D eigenvalue weighted by Crippen LogP contribution is -2.40. The Morgan fingerprint density at radius 3 is 2.79 bits per heavy atom. The lowest BCUT2D eigenvalue weighted by atomic mass is 9.95. The molecule has 1 saturated heterocycles. The molecule has 0 radical (unpaired) electrons. The van der Waals surface area contributed by atoms with Crippen LogP contribution < -0.4 is 0 Å². The van der Waals surface area contributed by atoms with Crippen LogP contribution in [-0.2, 0) is 4.79 Å². The zero-order valence-electron chi connectivity index (χ0n) is 13.1. The quantitative estimate of drug-likeness (QED) is 0.909. The van der Waals surface area contributed by atoms with E-state index < -0.39 is 5.97 Å². The predicted octanol–water partition coefficient (Wildman–Crippen LogP) is 3.93. The number of aliphatic carboxylic acids is 1. The second kappa shape index (κ2) is 7.09. The lowest BCUT2D eigenvalue weighted by molar-refractivity contribution is -0.138. The summed E-state index contributed by atoms with van der Waals surface area (Å²) in [5, 5.41) is 9.49. The van der Waals surface area contributed by atoms with Crippen LogP contribution >= 0.6 is 11.6 Å². The summed E-state index contributed by atoms with van der Waals surface area (Å²) in [7, 11) is 0. The number of piperidine rings is 1. The molecule has 2 heterocycles. The minimum atomic E-state index is -0.826. The van der Waals surface area contributed by atoms with Gasteiger partial charge in [-0.15, -0.1) is 0 Å². The molecule has 2 aromatic rings. The number of furan rings is 1. The Morgan fingerprint density at radius 1 is 1.25 bits per heavy atom. The van der Waals surface area contributed by atoms with Gasteiger partial charge in [0.1, 0.15) is 5.76 Å². The molecule has 1 aromatic carbocycles. The maximum absolute atomic E-state index is 12.6. The average Bonchev–Trinajstić information content (AvgIpc) is 3.04. The largest absolute Gasteiger partial charge is 0.481 e. The van der Waals surface area contributed by atoms with Gasteiger partial charge in [0.25, 0.3) is 5.91 Å². The molecule has 1 atom stereocenters. The maximum Gasteiger partial charge on any atom is 0.303 e. The first-order valence-electron chi connectivity index (χ1n) is 7.90. The second-order valence-electron chi connectivity index (χ2n) is 6.00. The zero-order chi connectivity index (χ0) is 17.1. The molecule has 1 N–H and O–H groups in total. The normalized spacial score (nSPS) is 17.7. The highest BCUT2D eigenvalue weighted by molar-refractivity contribution is 6.33. The number of carboxylic acids is 1. The molecule has 1 amide bonds. The number of halogens is 1. The van der Waals surface area contributed by atoms with Crippen LogP contribution in [0, 0.1) is 5.92 Å². The van der Waals surface area contributed by atoms with Crippen molar-refractivity contribution < 1.29 is 19.1 Å². The highest BCUT2D eigenvalue weighted by atomic mass is 35.5. The zero-order valence-corrected chi connectivity index (χ0v) is 13.8. The van der Waals surface area contributed by atoms with Crippen LogP contribution in [0.2, 0.25) is 5.02 Å². The van der Waals surface area contributed by atoms with E-state index in [1.165, 1.54) is 0 Å². The van der Waals surface area contributed by atoms with Crippen molar-refractivity contribution in [1.29, 1.82) is 0 Å². The summed E-state index contributed by atoms with van der Waals surface area (Å²) in [6.07, 6.45) is 1.73. The molecule has 1 aliphatic rings. The molecule has 0 bridgehead atoms. The highest BCUT2D eigenvalue weighted by Crippen LogP contribution is 2.30. The van der Waals surface area contributed by atoms with Gasteiger partial charge < -0.3 is 14.4 Å². The van der Waals surface area contributed by atoms with Crippen molar-refractivity contribution in [2.75, 3.05) is 13.1 Å². The first-order valence-corrected chi connectivity index (χ1v) is 8.28. The van der Waals surface area contributed by atoms with Crippen LogP contribution in [0.3, 0.4) is 0 Å². The molecule has 5 nitrogen and oxygen atoms in total. The topological polar surface area (TPSA) is 70.8 Å². The van der Waals surface area contributed by atoms with E-state index in [4.69, 9.17) is 21.1 Å². The fraction of sp³-hybridized carbons (Fsp3) is 0.333. The summed E-state index contributed by atoms with van der Waals surface area (Å²) in [5.41, 5.74) is 0.737. The molecule has 126 valence electrons. The van der Waals surface area contributed by atoms with Gasteiger partial charge in [-0.3, -0.25) is 9.59 Å². The first kappa shape index (κ1) is 16.6. The van der Waals surface area contributed by atoms with E-state index in [0.717, 1.165) is 18.4 Å². The number of carboxylic acid groups (broad SMARTS) is 1. The molecule has 1 unspecified atom stereocenters. The number of benzene rings is 1. The molecular weight excluding hydrogens is 330 g/mol. The minimum absolute atomic E-state index is 0.00167. The molecule has 6 heteroatoms. The first-order chi connectivity index (χ1) is 11.5. The second-order valence-corrected chi connectivity index (χ2v) is 6.41. The third-order valence-corrected chi connectivity index (χ3v) is 4.56. The Morgan fingerprint density at radius 2 is 2.04 bits per heavy atom. The Bertz CT molecular complexity index is 755. The SMILES string of the molecule is O=C(O)CC1CCCN(C(=O)c2ccc(-c3ccccc3Cl)o2)C1. The van der Waals surface area contributed by atoms with Gasteiger partial charge >= 0.3 is 5.97 Å². The number of likely N-dealkylation sites (tertiary alicyclic amines) is 1. The van der Waals surface area contributed by atoms with E-state index in [9.17, 15) is 9.59 Å². The number of carbonyl (C=O) groups excluding carboxylic acids is 1. The number of hydrogen-bond donors (Lipinski definition) is 1. The van der Waals surface area contributed by atoms with Gasteiger partial charge in [-0.1, -0.05) is 23.7 Å². The van der Waals surface area contributed by atoms with Gasteiger partial charge in [0, 0.05) is 25.1 Å². The third-order valence-electron chi connectivity index (χ3n) is 4.23. The van der Waals surface area contributed by atoms with Crippen LogP contribution in [0.5, 0.6) is 0 Å². The molecule has 0 spiro atoms. The van der Waals surface area contributed by atoms with Crippen molar-refractivity contribution in [3.05, 3.63) is 47.2 Å². The van der Waals surface area contributed by atoms with Crippen LogP contribution in [0.25, 0.3) is 11.3 Å². The molecule has 1 aliphatic heterocycles. The Labute approximate surface area is 144 Å². The summed E-state index contributed by atoms with van der Waals surface area (Å²) in [6, 6.07) is 10.7. The third kappa shape index (κ3) is 3.62. The fourth-order valence-electron chi connectivity index (χ4n) is 3.08. The Balaban J connectivity index is 1.74. The molecule has 1 aromatic heterocycles. The average molecular weight is 348 g/mol. The highest BCUT2D eigenvalue weighted by Gasteiger charge is 2.27. The summed E-state index contributed by atoms with van der Waals surface area (Å²) < 4.78 is 5.69. The van der Waals surface area contributed by atoms with Crippen molar-refractivity contribution in [3.8, 4) is 11.3 Å². The van der Waals surface area contributed by atoms with E-state index in [-0.39, 0.29) is 24.0 Å².